The fourth-order valence-electron chi connectivity index (χ4n) is 0.174. The lowest BCUT2D eigenvalue weighted by Gasteiger charge is -1.87. The molecule has 0 aromatic carbocycles. The monoisotopic (exact) mass is 129 g/mol. The average Bonchev–Trinajstić information content (AvgIpc) is 1.83. The minimum absolute atomic E-state index is 0.617. The highest BCUT2D eigenvalue weighted by atomic mass is 16.9. The molecule has 0 radical (unpaired) electrons. The molecule has 0 atom stereocenters. The molecular weight excluding hydrogens is 122 g/mol. The first-order valence-corrected chi connectivity index (χ1v) is 2.27. The fourth-order valence-corrected chi connectivity index (χ4v) is 0.174. The third-order valence-corrected chi connectivity index (χ3v) is 0.647. The topological polar surface area (TPSA) is 52.4 Å². The molecule has 0 saturated heterocycles. The van der Waals surface area contributed by atoms with Crippen molar-refractivity contribution in [2.24, 2.45) is 0 Å². The molecule has 0 aromatic heterocycles. The van der Waals surface area contributed by atoms with E-state index in [2.05, 4.69) is 11.4 Å². The molecule has 0 N–H and O–H groups in total. The van der Waals surface area contributed by atoms with Crippen LogP contribution in [-0.4, -0.2) is 5.09 Å². The summed E-state index contributed by atoms with van der Waals surface area (Å²) in [6, 6.07) is 0. The van der Waals surface area contributed by atoms with Crippen LogP contribution in [0.5, 0.6) is 0 Å². The number of rotatable bonds is 3. The first-order valence-electron chi connectivity index (χ1n) is 2.27. The first-order chi connectivity index (χ1) is 4.16. The summed E-state index contributed by atoms with van der Waals surface area (Å²) in [4.78, 5) is 13.4. The van der Waals surface area contributed by atoms with Gasteiger partial charge in [-0.1, -0.05) is 12.7 Å². The summed E-state index contributed by atoms with van der Waals surface area (Å²) in [7, 11) is 0. The summed E-state index contributed by atoms with van der Waals surface area (Å²) in [6.45, 7) is 5.02. The molecule has 0 aliphatic carbocycles. The van der Waals surface area contributed by atoms with Crippen molar-refractivity contribution in [1.29, 1.82) is 0 Å². The number of allylic oxidation sites excluding steroid dienone is 2. The maximum atomic E-state index is 9.52. The van der Waals surface area contributed by atoms with E-state index in [9.17, 15) is 10.1 Å². The smallest absolute Gasteiger partial charge is 0.284 e. The Labute approximate surface area is 52.5 Å². The van der Waals surface area contributed by atoms with Crippen molar-refractivity contribution < 1.29 is 9.92 Å². The largest absolute Gasteiger partial charge is 0.299 e. The molecule has 0 amide bonds. The van der Waals surface area contributed by atoms with Crippen molar-refractivity contribution in [1.82, 2.24) is 0 Å². The molecule has 4 nitrogen and oxygen atoms in total. The molecule has 0 unspecified atom stereocenters. The van der Waals surface area contributed by atoms with Crippen LogP contribution in [0.15, 0.2) is 24.5 Å². The second-order valence-electron chi connectivity index (χ2n) is 1.40. The number of hydrogen-bond donors (Lipinski definition) is 0. The molecule has 0 bridgehead atoms. The van der Waals surface area contributed by atoms with Gasteiger partial charge in [-0.05, 0) is 12.5 Å². The lowest BCUT2D eigenvalue weighted by atomic mass is 10.3. The summed E-state index contributed by atoms with van der Waals surface area (Å²) in [5.74, 6) is 0. The van der Waals surface area contributed by atoms with Crippen LogP contribution in [0, 0.1) is 10.1 Å². The molecule has 0 aliphatic rings. The predicted octanol–water partition coefficient (Wildman–Crippen LogP) is 1.28. The zero-order valence-electron chi connectivity index (χ0n) is 5.03. The summed E-state index contributed by atoms with van der Waals surface area (Å²) < 4.78 is 0. The first kappa shape index (κ1) is 7.68. The maximum absolute atomic E-state index is 9.52. The minimum Gasteiger partial charge on any atom is -0.284 e. The van der Waals surface area contributed by atoms with Gasteiger partial charge in [-0.15, -0.1) is 10.1 Å². The summed E-state index contributed by atoms with van der Waals surface area (Å²) in [5.41, 5.74) is 0.617. The van der Waals surface area contributed by atoms with Gasteiger partial charge in [0.05, 0.1) is 6.26 Å². The van der Waals surface area contributed by atoms with E-state index in [0.29, 0.717) is 5.57 Å². The normalized spacial score (nSPS) is 10.6. The molecule has 0 heterocycles. The van der Waals surface area contributed by atoms with Crippen LogP contribution in [0.25, 0.3) is 0 Å². The molecule has 0 fully saturated rings. The van der Waals surface area contributed by atoms with E-state index in [4.69, 9.17) is 0 Å². The van der Waals surface area contributed by atoms with E-state index < -0.39 is 5.09 Å². The van der Waals surface area contributed by atoms with Crippen LogP contribution in [0.1, 0.15) is 6.92 Å². The second kappa shape index (κ2) is 3.65. The molecule has 0 spiro atoms. The lowest BCUT2D eigenvalue weighted by molar-refractivity contribution is -0.737. The van der Waals surface area contributed by atoms with Gasteiger partial charge in [0.15, 0.2) is 0 Å². The van der Waals surface area contributed by atoms with Crippen LogP contribution < -0.4 is 0 Å². The minimum atomic E-state index is -0.882. The van der Waals surface area contributed by atoms with E-state index in [1.54, 1.807) is 6.92 Å². The third-order valence-electron chi connectivity index (χ3n) is 0.647. The van der Waals surface area contributed by atoms with Crippen LogP contribution >= 0.6 is 0 Å². The van der Waals surface area contributed by atoms with Gasteiger partial charge >= 0.3 is 0 Å². The van der Waals surface area contributed by atoms with E-state index in [-0.39, 0.29) is 0 Å². The highest BCUT2D eigenvalue weighted by Crippen LogP contribution is 1.91. The standard InChI is InChI=1S/C5H7NO3/c1-3-5(2)4-9-6(7)8/h3-4H,1H2,2H3/b5-4-. The average molecular weight is 129 g/mol. The molecule has 9 heavy (non-hydrogen) atoms. The predicted molar refractivity (Wildman–Crippen MR) is 32.0 cm³/mol. The fraction of sp³-hybridized carbons (Fsp3) is 0.200. The van der Waals surface area contributed by atoms with Gasteiger partial charge in [0, 0.05) is 0 Å². The second-order valence-corrected chi connectivity index (χ2v) is 1.40. The Bertz CT molecular complexity index is 150. The van der Waals surface area contributed by atoms with Crippen molar-refractivity contribution in [3.63, 3.8) is 0 Å². The Morgan fingerprint density at radius 2 is 2.44 bits per heavy atom. The van der Waals surface area contributed by atoms with E-state index in [1.165, 1.54) is 6.08 Å². The van der Waals surface area contributed by atoms with Crippen LogP contribution in [0.3, 0.4) is 0 Å². The van der Waals surface area contributed by atoms with Crippen molar-refractivity contribution in [3.05, 3.63) is 34.6 Å². The molecule has 4 heteroatoms. The Kier molecular flexibility index (Phi) is 3.12. The molecule has 0 aromatic rings. The zero-order chi connectivity index (χ0) is 7.28. The summed E-state index contributed by atoms with van der Waals surface area (Å²) >= 11 is 0. The Balaban J connectivity index is 3.69. The quantitative estimate of drug-likeness (QED) is 0.249. The van der Waals surface area contributed by atoms with Gasteiger partial charge in [0.1, 0.15) is 0 Å². The Hall–Kier alpha value is -1.32. The van der Waals surface area contributed by atoms with Crippen molar-refractivity contribution in [2.75, 3.05) is 0 Å². The van der Waals surface area contributed by atoms with E-state index in [0.717, 1.165) is 6.26 Å². The van der Waals surface area contributed by atoms with Gasteiger partial charge in [0.2, 0.25) is 0 Å². The number of nitrogens with zero attached hydrogens (tertiary/aromatic N) is 1. The van der Waals surface area contributed by atoms with Gasteiger partial charge in [-0.25, -0.2) is 0 Å². The van der Waals surface area contributed by atoms with Crippen LogP contribution in [-0.2, 0) is 4.84 Å². The molecule has 50 valence electrons. The van der Waals surface area contributed by atoms with Crippen LogP contribution in [0.2, 0.25) is 0 Å². The highest BCUT2D eigenvalue weighted by molar-refractivity contribution is 5.09. The molecule has 0 rings (SSSR count). The van der Waals surface area contributed by atoms with Crippen molar-refractivity contribution in [3.8, 4) is 0 Å². The van der Waals surface area contributed by atoms with Crippen molar-refractivity contribution in [2.45, 2.75) is 6.92 Å². The highest BCUT2D eigenvalue weighted by Gasteiger charge is 1.87. The Morgan fingerprint density at radius 1 is 1.89 bits per heavy atom. The van der Waals surface area contributed by atoms with Gasteiger partial charge in [-0.3, -0.25) is 4.84 Å². The SMILES string of the molecule is C=C/C(C)=C\O[N+](=O)[O-]. The molecule has 0 saturated carbocycles. The zero-order valence-corrected chi connectivity index (χ0v) is 5.03. The van der Waals surface area contributed by atoms with Gasteiger partial charge in [0.25, 0.3) is 5.09 Å². The Morgan fingerprint density at radius 3 is 2.78 bits per heavy atom. The van der Waals surface area contributed by atoms with Gasteiger partial charge in [-0.2, -0.15) is 0 Å². The van der Waals surface area contributed by atoms with Gasteiger partial charge < -0.3 is 0 Å². The number of hydrogen-bond acceptors (Lipinski definition) is 3. The van der Waals surface area contributed by atoms with Crippen LogP contribution in [0.4, 0.5) is 0 Å². The molecular formula is C5H7NO3. The van der Waals surface area contributed by atoms with Crippen molar-refractivity contribution >= 4 is 0 Å². The van der Waals surface area contributed by atoms with E-state index >= 15 is 0 Å². The molecule has 0 aliphatic heterocycles. The van der Waals surface area contributed by atoms with E-state index in [1.807, 2.05) is 0 Å². The third kappa shape index (κ3) is 4.53. The summed E-state index contributed by atoms with van der Waals surface area (Å²) in [6.07, 6.45) is 2.48. The lowest BCUT2D eigenvalue weighted by Crippen LogP contribution is -1.92. The summed E-state index contributed by atoms with van der Waals surface area (Å²) in [5, 5.41) is 8.64. The maximum Gasteiger partial charge on any atom is 0.299 e.